The number of anilines is 1. The molecule has 2 rings (SSSR count). The first-order chi connectivity index (χ1) is 11.8. The lowest BCUT2D eigenvalue weighted by atomic mass is 10.2. The largest absolute Gasteiger partial charge is 0.346 e. The second kappa shape index (κ2) is 7.57. The standard InChI is InChI=1S/C18H18FN3O3/c1-4-7-20-18(25)16(23)12-8-15(22(3)10-12)17(24)21-13-6-5-11(2)14(19)9-13/h4-6,8-10H,1,7H2,2-3H3,(H,20,25)(H,21,24). The number of nitrogens with one attached hydrogen (secondary N) is 2. The number of rotatable bonds is 6. The number of carbonyl (C=O) groups excluding carboxylic acids is 3. The van der Waals surface area contributed by atoms with Crippen LogP contribution in [-0.4, -0.2) is 28.7 Å². The van der Waals surface area contributed by atoms with Crippen molar-refractivity contribution in [2.45, 2.75) is 6.92 Å². The van der Waals surface area contributed by atoms with Crippen LogP contribution in [-0.2, 0) is 11.8 Å². The van der Waals surface area contributed by atoms with Crippen molar-refractivity contribution >= 4 is 23.3 Å². The molecule has 25 heavy (non-hydrogen) atoms. The number of Topliss-reactive ketones (excluding diaryl/α,β-unsaturated/α-hetero) is 1. The maximum Gasteiger partial charge on any atom is 0.292 e. The third-order valence-corrected chi connectivity index (χ3v) is 3.54. The lowest BCUT2D eigenvalue weighted by Crippen LogP contribution is -2.30. The van der Waals surface area contributed by atoms with Gasteiger partial charge in [0.05, 0.1) is 0 Å². The third kappa shape index (κ3) is 4.20. The Morgan fingerprint density at radius 2 is 2.00 bits per heavy atom. The fourth-order valence-corrected chi connectivity index (χ4v) is 2.16. The minimum absolute atomic E-state index is 0.0873. The molecule has 0 saturated carbocycles. The minimum Gasteiger partial charge on any atom is -0.346 e. The fraction of sp³-hybridized carbons (Fsp3) is 0.167. The summed E-state index contributed by atoms with van der Waals surface area (Å²) in [6.45, 7) is 5.24. The van der Waals surface area contributed by atoms with Crippen LogP contribution < -0.4 is 10.6 Å². The predicted molar refractivity (Wildman–Crippen MR) is 92.0 cm³/mol. The van der Waals surface area contributed by atoms with Gasteiger partial charge in [-0.1, -0.05) is 12.1 Å². The highest BCUT2D eigenvalue weighted by molar-refractivity contribution is 6.43. The number of ketones is 1. The highest BCUT2D eigenvalue weighted by Gasteiger charge is 2.20. The van der Waals surface area contributed by atoms with E-state index in [1.54, 1.807) is 26.1 Å². The highest BCUT2D eigenvalue weighted by atomic mass is 19.1. The molecule has 130 valence electrons. The maximum atomic E-state index is 13.6. The van der Waals surface area contributed by atoms with Crippen LogP contribution in [0, 0.1) is 12.7 Å². The van der Waals surface area contributed by atoms with E-state index in [0.717, 1.165) is 0 Å². The minimum atomic E-state index is -0.780. The normalized spacial score (nSPS) is 10.2. The van der Waals surface area contributed by atoms with Crippen LogP contribution in [0.4, 0.5) is 10.1 Å². The molecule has 0 aliphatic carbocycles. The van der Waals surface area contributed by atoms with E-state index < -0.39 is 23.4 Å². The van der Waals surface area contributed by atoms with Crippen molar-refractivity contribution < 1.29 is 18.8 Å². The van der Waals surface area contributed by atoms with E-state index >= 15 is 0 Å². The van der Waals surface area contributed by atoms with Crippen molar-refractivity contribution in [3.8, 4) is 0 Å². The molecule has 0 radical (unpaired) electrons. The Morgan fingerprint density at radius 1 is 1.28 bits per heavy atom. The summed E-state index contributed by atoms with van der Waals surface area (Å²) in [4.78, 5) is 36.1. The smallest absolute Gasteiger partial charge is 0.292 e. The molecule has 0 saturated heterocycles. The van der Waals surface area contributed by atoms with Crippen LogP contribution >= 0.6 is 0 Å². The summed E-state index contributed by atoms with van der Waals surface area (Å²) in [7, 11) is 1.57. The Labute approximate surface area is 144 Å². The molecule has 2 aromatic rings. The van der Waals surface area contributed by atoms with E-state index in [1.165, 1.54) is 29.0 Å². The van der Waals surface area contributed by atoms with Gasteiger partial charge in [0.25, 0.3) is 17.6 Å². The molecule has 0 unspecified atom stereocenters. The summed E-state index contributed by atoms with van der Waals surface area (Å²) in [5.74, 6) is -2.48. The molecular weight excluding hydrogens is 325 g/mol. The average Bonchev–Trinajstić information content (AvgIpc) is 2.97. The molecule has 1 aromatic carbocycles. The fourth-order valence-electron chi connectivity index (χ4n) is 2.16. The molecule has 0 bridgehead atoms. The first kappa shape index (κ1) is 18.1. The Balaban J connectivity index is 2.16. The van der Waals surface area contributed by atoms with Gasteiger partial charge in [-0.3, -0.25) is 14.4 Å². The summed E-state index contributed by atoms with van der Waals surface area (Å²) in [6.07, 6.45) is 2.84. The number of nitrogens with zero attached hydrogens (tertiary/aromatic N) is 1. The van der Waals surface area contributed by atoms with Crippen molar-refractivity contribution in [2.75, 3.05) is 11.9 Å². The van der Waals surface area contributed by atoms with E-state index in [1.807, 2.05) is 0 Å². The maximum absolute atomic E-state index is 13.6. The molecule has 1 heterocycles. The van der Waals surface area contributed by atoms with Gasteiger partial charge in [0, 0.05) is 31.0 Å². The van der Waals surface area contributed by atoms with Gasteiger partial charge in [-0.2, -0.15) is 0 Å². The quantitative estimate of drug-likeness (QED) is 0.479. The third-order valence-electron chi connectivity index (χ3n) is 3.54. The Morgan fingerprint density at radius 3 is 2.64 bits per heavy atom. The molecule has 0 fully saturated rings. The van der Waals surface area contributed by atoms with Gasteiger partial charge < -0.3 is 15.2 Å². The van der Waals surface area contributed by atoms with Crippen molar-refractivity contribution in [1.82, 2.24) is 9.88 Å². The van der Waals surface area contributed by atoms with Crippen LogP contribution in [0.3, 0.4) is 0 Å². The van der Waals surface area contributed by atoms with E-state index in [2.05, 4.69) is 17.2 Å². The van der Waals surface area contributed by atoms with Crippen molar-refractivity contribution in [2.24, 2.45) is 7.05 Å². The molecule has 2 amide bonds. The second-order valence-corrected chi connectivity index (χ2v) is 5.47. The Kier molecular flexibility index (Phi) is 5.49. The van der Waals surface area contributed by atoms with Gasteiger partial charge >= 0.3 is 0 Å². The van der Waals surface area contributed by atoms with Gasteiger partial charge in [0.2, 0.25) is 0 Å². The number of amides is 2. The number of aromatic nitrogens is 1. The molecule has 7 heteroatoms. The van der Waals surface area contributed by atoms with Crippen LogP contribution in [0.1, 0.15) is 26.4 Å². The number of hydrogen-bond donors (Lipinski definition) is 2. The first-order valence-corrected chi connectivity index (χ1v) is 7.50. The van der Waals surface area contributed by atoms with Crippen LogP contribution in [0.2, 0.25) is 0 Å². The zero-order chi connectivity index (χ0) is 18.6. The first-order valence-electron chi connectivity index (χ1n) is 7.50. The number of hydrogen-bond acceptors (Lipinski definition) is 3. The van der Waals surface area contributed by atoms with Gasteiger partial charge in [-0.25, -0.2) is 4.39 Å². The Hall–Kier alpha value is -3.22. The summed E-state index contributed by atoms with van der Waals surface area (Å²) in [5, 5.41) is 4.94. The molecule has 2 N–H and O–H groups in total. The predicted octanol–water partition coefficient (Wildman–Crippen LogP) is 2.21. The average molecular weight is 343 g/mol. The zero-order valence-electron chi connectivity index (χ0n) is 13.9. The van der Waals surface area contributed by atoms with Gasteiger partial charge in [-0.05, 0) is 30.7 Å². The SMILES string of the molecule is C=CCNC(=O)C(=O)c1cc(C(=O)Nc2ccc(C)c(F)c2)n(C)c1. The Bertz CT molecular complexity index is 855. The number of benzene rings is 1. The van der Waals surface area contributed by atoms with E-state index in [-0.39, 0.29) is 17.8 Å². The molecule has 1 aromatic heterocycles. The molecular formula is C18H18FN3O3. The monoisotopic (exact) mass is 343 g/mol. The topological polar surface area (TPSA) is 80.2 Å². The van der Waals surface area contributed by atoms with E-state index in [9.17, 15) is 18.8 Å². The lowest BCUT2D eigenvalue weighted by Gasteiger charge is -2.07. The van der Waals surface area contributed by atoms with Crippen LogP contribution in [0.15, 0.2) is 43.1 Å². The number of halogens is 1. The number of carbonyl (C=O) groups is 3. The number of aryl methyl sites for hydroxylation is 2. The summed E-state index contributed by atoms with van der Waals surface area (Å²) < 4.78 is 15.0. The van der Waals surface area contributed by atoms with Gasteiger partial charge in [-0.15, -0.1) is 6.58 Å². The molecule has 0 spiro atoms. The van der Waals surface area contributed by atoms with Crippen molar-refractivity contribution in [3.05, 3.63) is 65.8 Å². The molecule has 0 aliphatic heterocycles. The molecule has 0 aliphatic rings. The van der Waals surface area contributed by atoms with E-state index in [4.69, 9.17) is 0 Å². The van der Waals surface area contributed by atoms with E-state index in [0.29, 0.717) is 11.3 Å². The van der Waals surface area contributed by atoms with Crippen molar-refractivity contribution in [3.63, 3.8) is 0 Å². The van der Waals surface area contributed by atoms with Crippen molar-refractivity contribution in [1.29, 1.82) is 0 Å². The zero-order valence-corrected chi connectivity index (χ0v) is 13.9. The highest BCUT2D eigenvalue weighted by Crippen LogP contribution is 2.16. The van der Waals surface area contributed by atoms with Gasteiger partial charge in [0.1, 0.15) is 11.5 Å². The summed E-state index contributed by atoms with van der Waals surface area (Å²) in [5.41, 5.74) is 1.02. The second-order valence-electron chi connectivity index (χ2n) is 5.47. The summed E-state index contributed by atoms with van der Waals surface area (Å²) >= 11 is 0. The molecule has 0 atom stereocenters. The summed E-state index contributed by atoms with van der Waals surface area (Å²) in [6, 6.07) is 5.66. The van der Waals surface area contributed by atoms with Crippen LogP contribution in [0.5, 0.6) is 0 Å². The lowest BCUT2D eigenvalue weighted by molar-refractivity contribution is -0.116. The molecule has 6 nitrogen and oxygen atoms in total. The van der Waals surface area contributed by atoms with Gasteiger partial charge in [0.15, 0.2) is 0 Å². The van der Waals surface area contributed by atoms with Crippen LogP contribution in [0.25, 0.3) is 0 Å².